The standard InChI is InChI=1S/C9H14N2O2/c1-2-11-9(13)7-5-6(10)3-4-8(7)12/h3-5,9,11-13H,2,10H2,1H3. The molecule has 0 saturated carbocycles. The lowest BCUT2D eigenvalue weighted by Crippen LogP contribution is -2.20. The van der Waals surface area contributed by atoms with E-state index in [-0.39, 0.29) is 5.75 Å². The van der Waals surface area contributed by atoms with Crippen molar-refractivity contribution < 1.29 is 10.2 Å². The number of nitrogens with one attached hydrogen (secondary N) is 1. The third-order valence-electron chi connectivity index (χ3n) is 1.74. The second-order valence-electron chi connectivity index (χ2n) is 2.78. The van der Waals surface area contributed by atoms with Gasteiger partial charge in [-0.05, 0) is 24.7 Å². The number of nitrogen functional groups attached to an aromatic ring is 1. The van der Waals surface area contributed by atoms with Crippen LogP contribution < -0.4 is 11.1 Å². The van der Waals surface area contributed by atoms with E-state index in [4.69, 9.17) is 5.73 Å². The van der Waals surface area contributed by atoms with Crippen LogP contribution in [0.4, 0.5) is 5.69 Å². The first-order chi connectivity index (χ1) is 6.15. The molecule has 1 rings (SSSR count). The van der Waals surface area contributed by atoms with Crippen LogP contribution >= 0.6 is 0 Å². The van der Waals surface area contributed by atoms with Gasteiger partial charge in [0.25, 0.3) is 0 Å². The normalized spacial score (nSPS) is 12.8. The molecule has 5 N–H and O–H groups in total. The van der Waals surface area contributed by atoms with Gasteiger partial charge in [0.2, 0.25) is 0 Å². The van der Waals surface area contributed by atoms with Gasteiger partial charge in [-0.1, -0.05) is 6.92 Å². The number of phenolic OH excluding ortho intramolecular Hbond substituents is 1. The molecule has 0 heterocycles. The molecule has 0 aliphatic carbocycles. The molecule has 0 saturated heterocycles. The predicted molar refractivity (Wildman–Crippen MR) is 51.2 cm³/mol. The fourth-order valence-corrected chi connectivity index (χ4v) is 1.10. The number of hydrogen-bond acceptors (Lipinski definition) is 4. The van der Waals surface area contributed by atoms with Gasteiger partial charge in [0.1, 0.15) is 12.0 Å². The molecule has 4 nitrogen and oxygen atoms in total. The number of aromatic hydroxyl groups is 1. The lowest BCUT2D eigenvalue weighted by atomic mass is 10.1. The van der Waals surface area contributed by atoms with Gasteiger partial charge < -0.3 is 15.9 Å². The Morgan fingerprint density at radius 2 is 2.23 bits per heavy atom. The number of rotatable bonds is 3. The van der Waals surface area contributed by atoms with Gasteiger partial charge in [-0.25, -0.2) is 0 Å². The Balaban J connectivity index is 2.91. The number of hydrogen-bond donors (Lipinski definition) is 4. The van der Waals surface area contributed by atoms with E-state index in [9.17, 15) is 10.2 Å². The van der Waals surface area contributed by atoms with Crippen molar-refractivity contribution >= 4 is 5.69 Å². The highest BCUT2D eigenvalue weighted by Crippen LogP contribution is 2.24. The van der Waals surface area contributed by atoms with Crippen molar-refractivity contribution in [1.82, 2.24) is 5.32 Å². The third kappa shape index (κ3) is 2.34. The number of anilines is 1. The summed E-state index contributed by atoms with van der Waals surface area (Å²) < 4.78 is 0. The van der Waals surface area contributed by atoms with Crippen molar-refractivity contribution in [3.05, 3.63) is 23.8 Å². The highest BCUT2D eigenvalue weighted by Gasteiger charge is 2.10. The molecule has 72 valence electrons. The maximum Gasteiger partial charge on any atom is 0.134 e. The Bertz CT molecular complexity index is 289. The van der Waals surface area contributed by atoms with Crippen molar-refractivity contribution in [3.63, 3.8) is 0 Å². The summed E-state index contributed by atoms with van der Waals surface area (Å²) in [6.45, 7) is 2.49. The smallest absolute Gasteiger partial charge is 0.134 e. The summed E-state index contributed by atoms with van der Waals surface area (Å²) in [4.78, 5) is 0. The van der Waals surface area contributed by atoms with Gasteiger partial charge in [-0.15, -0.1) is 0 Å². The van der Waals surface area contributed by atoms with Gasteiger partial charge in [-0.2, -0.15) is 0 Å². The van der Waals surface area contributed by atoms with Crippen LogP contribution in [0.15, 0.2) is 18.2 Å². The van der Waals surface area contributed by atoms with Gasteiger partial charge in [-0.3, -0.25) is 5.32 Å². The third-order valence-corrected chi connectivity index (χ3v) is 1.74. The zero-order chi connectivity index (χ0) is 9.84. The van der Waals surface area contributed by atoms with E-state index >= 15 is 0 Å². The Morgan fingerprint density at radius 1 is 1.54 bits per heavy atom. The number of nitrogens with two attached hydrogens (primary N) is 1. The zero-order valence-corrected chi connectivity index (χ0v) is 7.49. The van der Waals surface area contributed by atoms with E-state index in [2.05, 4.69) is 5.32 Å². The minimum atomic E-state index is -0.867. The molecule has 0 fully saturated rings. The monoisotopic (exact) mass is 182 g/mol. The molecule has 0 aliphatic heterocycles. The molecule has 0 aliphatic rings. The molecule has 13 heavy (non-hydrogen) atoms. The van der Waals surface area contributed by atoms with E-state index in [1.54, 1.807) is 12.1 Å². The first-order valence-corrected chi connectivity index (χ1v) is 4.15. The quantitative estimate of drug-likeness (QED) is 0.313. The summed E-state index contributed by atoms with van der Waals surface area (Å²) >= 11 is 0. The first kappa shape index (κ1) is 9.83. The molecule has 1 aromatic rings. The summed E-state index contributed by atoms with van der Waals surface area (Å²) in [6.07, 6.45) is -0.867. The van der Waals surface area contributed by atoms with Crippen LogP contribution in [0.2, 0.25) is 0 Å². The average molecular weight is 182 g/mol. The zero-order valence-electron chi connectivity index (χ0n) is 7.49. The highest BCUT2D eigenvalue weighted by molar-refractivity contribution is 5.47. The molecule has 4 heteroatoms. The van der Waals surface area contributed by atoms with E-state index in [1.807, 2.05) is 6.92 Å². The Morgan fingerprint density at radius 3 is 2.85 bits per heavy atom. The Kier molecular flexibility index (Phi) is 3.11. The van der Waals surface area contributed by atoms with Crippen LogP contribution in [0, 0.1) is 0 Å². The molecular weight excluding hydrogens is 168 g/mol. The predicted octanol–water partition coefficient (Wildman–Crippen LogP) is 0.575. The fourth-order valence-electron chi connectivity index (χ4n) is 1.10. The Labute approximate surface area is 77.0 Å². The van der Waals surface area contributed by atoms with Crippen molar-refractivity contribution in [1.29, 1.82) is 0 Å². The van der Waals surface area contributed by atoms with E-state index < -0.39 is 6.23 Å². The maximum atomic E-state index is 9.50. The van der Waals surface area contributed by atoms with Crippen LogP contribution in [0.5, 0.6) is 5.75 Å². The lowest BCUT2D eigenvalue weighted by Gasteiger charge is -2.13. The number of benzene rings is 1. The van der Waals surface area contributed by atoms with Crippen molar-refractivity contribution in [2.75, 3.05) is 12.3 Å². The van der Waals surface area contributed by atoms with Gasteiger partial charge in [0.15, 0.2) is 0 Å². The molecule has 0 bridgehead atoms. The lowest BCUT2D eigenvalue weighted by molar-refractivity contribution is 0.138. The number of aliphatic hydroxyl groups is 1. The van der Waals surface area contributed by atoms with Crippen molar-refractivity contribution in [3.8, 4) is 5.75 Å². The van der Waals surface area contributed by atoms with Gasteiger partial charge >= 0.3 is 0 Å². The summed E-state index contributed by atoms with van der Waals surface area (Å²) in [7, 11) is 0. The largest absolute Gasteiger partial charge is 0.508 e. The van der Waals surface area contributed by atoms with Crippen molar-refractivity contribution in [2.24, 2.45) is 0 Å². The molecule has 0 radical (unpaired) electrons. The fraction of sp³-hybridized carbons (Fsp3) is 0.333. The molecule has 1 atom stereocenters. The SMILES string of the molecule is CCNC(O)c1cc(N)ccc1O. The molecule has 0 amide bonds. The second kappa shape index (κ2) is 4.11. The molecule has 1 unspecified atom stereocenters. The number of aliphatic hydroxyl groups excluding tert-OH is 1. The summed E-state index contributed by atoms with van der Waals surface area (Å²) in [5.41, 5.74) is 6.43. The topological polar surface area (TPSA) is 78.5 Å². The van der Waals surface area contributed by atoms with Crippen LogP contribution in [0.25, 0.3) is 0 Å². The minimum absolute atomic E-state index is 0.0441. The second-order valence-corrected chi connectivity index (χ2v) is 2.78. The van der Waals surface area contributed by atoms with E-state index in [0.717, 1.165) is 0 Å². The van der Waals surface area contributed by atoms with Crippen LogP contribution in [0.1, 0.15) is 18.7 Å². The van der Waals surface area contributed by atoms with Crippen LogP contribution in [-0.2, 0) is 0 Å². The summed E-state index contributed by atoms with van der Waals surface area (Å²) in [6, 6.07) is 4.59. The van der Waals surface area contributed by atoms with Crippen LogP contribution in [0.3, 0.4) is 0 Å². The van der Waals surface area contributed by atoms with E-state index in [0.29, 0.717) is 17.8 Å². The molecular formula is C9H14N2O2. The van der Waals surface area contributed by atoms with E-state index in [1.165, 1.54) is 6.07 Å². The molecule has 0 spiro atoms. The van der Waals surface area contributed by atoms with Gasteiger partial charge in [0, 0.05) is 11.3 Å². The Hall–Kier alpha value is -1.26. The first-order valence-electron chi connectivity index (χ1n) is 4.15. The van der Waals surface area contributed by atoms with Crippen LogP contribution in [-0.4, -0.2) is 16.8 Å². The summed E-state index contributed by atoms with van der Waals surface area (Å²) in [5.74, 6) is 0.0441. The molecule has 1 aromatic carbocycles. The highest BCUT2D eigenvalue weighted by atomic mass is 16.3. The average Bonchev–Trinajstić information content (AvgIpc) is 2.09. The molecule has 0 aromatic heterocycles. The summed E-state index contributed by atoms with van der Waals surface area (Å²) in [5, 5.41) is 21.6. The van der Waals surface area contributed by atoms with Crippen molar-refractivity contribution in [2.45, 2.75) is 13.2 Å². The number of phenols is 1. The van der Waals surface area contributed by atoms with Gasteiger partial charge in [0.05, 0.1) is 0 Å². The maximum absolute atomic E-state index is 9.50. The minimum Gasteiger partial charge on any atom is -0.508 e.